The van der Waals surface area contributed by atoms with Crippen molar-refractivity contribution in [3.8, 4) is 0 Å². The second kappa shape index (κ2) is 7.27. The number of amides is 2. The van der Waals surface area contributed by atoms with E-state index in [1.165, 1.54) is 12.1 Å². The molecular formula is C17H21FN2O4. The molecule has 1 aromatic carbocycles. The monoisotopic (exact) mass is 336 g/mol. The Kier molecular flexibility index (Phi) is 5.11. The van der Waals surface area contributed by atoms with E-state index >= 15 is 0 Å². The molecule has 1 aliphatic carbocycles. The van der Waals surface area contributed by atoms with Crippen molar-refractivity contribution < 1.29 is 23.5 Å². The Bertz CT molecular complexity index is 631. The topological polar surface area (TPSA) is 76.7 Å². The molecule has 130 valence electrons. The van der Waals surface area contributed by atoms with Gasteiger partial charge in [-0.15, -0.1) is 0 Å². The lowest BCUT2D eigenvalue weighted by atomic mass is 10.1. The van der Waals surface area contributed by atoms with Gasteiger partial charge < -0.3 is 20.1 Å². The van der Waals surface area contributed by atoms with Crippen LogP contribution >= 0.6 is 0 Å². The predicted molar refractivity (Wildman–Crippen MR) is 85.2 cm³/mol. The summed E-state index contributed by atoms with van der Waals surface area (Å²) in [7, 11) is 0. The van der Waals surface area contributed by atoms with Gasteiger partial charge in [-0.3, -0.25) is 9.59 Å². The fourth-order valence-electron chi connectivity index (χ4n) is 2.68. The van der Waals surface area contributed by atoms with Crippen molar-refractivity contribution in [1.29, 1.82) is 0 Å². The van der Waals surface area contributed by atoms with E-state index < -0.39 is 11.7 Å². The molecule has 1 aliphatic heterocycles. The summed E-state index contributed by atoms with van der Waals surface area (Å²) in [6.45, 7) is 3.70. The zero-order chi connectivity index (χ0) is 17.1. The van der Waals surface area contributed by atoms with Crippen molar-refractivity contribution in [2.75, 3.05) is 31.7 Å². The first-order valence-electron chi connectivity index (χ1n) is 8.12. The van der Waals surface area contributed by atoms with Crippen LogP contribution in [0.2, 0.25) is 0 Å². The minimum atomic E-state index is -0.532. The molecule has 7 heteroatoms. The normalized spacial score (nSPS) is 25.8. The predicted octanol–water partition coefficient (Wildman–Crippen LogP) is 1.57. The van der Waals surface area contributed by atoms with E-state index in [4.69, 9.17) is 9.47 Å². The highest BCUT2D eigenvalue weighted by Crippen LogP contribution is 2.38. The van der Waals surface area contributed by atoms with Gasteiger partial charge in [0.2, 0.25) is 5.91 Å². The van der Waals surface area contributed by atoms with E-state index in [9.17, 15) is 14.0 Å². The van der Waals surface area contributed by atoms with Crippen molar-refractivity contribution in [2.24, 2.45) is 11.8 Å². The van der Waals surface area contributed by atoms with E-state index in [-0.39, 0.29) is 30.0 Å². The summed E-state index contributed by atoms with van der Waals surface area (Å²) in [6.07, 6.45) is 0.620. The maximum atomic E-state index is 13.5. The number of ether oxygens (including phenoxy) is 2. The first-order chi connectivity index (χ1) is 11.5. The van der Waals surface area contributed by atoms with Gasteiger partial charge in [-0.2, -0.15) is 0 Å². The van der Waals surface area contributed by atoms with Gasteiger partial charge in [0.1, 0.15) is 5.82 Å². The lowest BCUT2D eigenvalue weighted by Crippen LogP contribution is -2.40. The van der Waals surface area contributed by atoms with E-state index in [0.29, 0.717) is 31.4 Å². The molecule has 6 nitrogen and oxygen atoms in total. The maximum absolute atomic E-state index is 13.5. The molecule has 0 radical (unpaired) electrons. The first-order valence-corrected chi connectivity index (χ1v) is 8.12. The van der Waals surface area contributed by atoms with Gasteiger partial charge in [-0.25, -0.2) is 4.39 Å². The number of nitrogens with one attached hydrogen (secondary N) is 2. The van der Waals surface area contributed by atoms with E-state index in [1.54, 1.807) is 0 Å². The van der Waals surface area contributed by atoms with Gasteiger partial charge >= 0.3 is 0 Å². The van der Waals surface area contributed by atoms with Gasteiger partial charge in [0.05, 0.1) is 37.2 Å². The SMILES string of the molecule is C[C@@H]1C[C@@H]1C(=O)Nc1ccc(F)cc1C(=O)NC[C@H]1COCCO1. The fraction of sp³-hybridized carbons (Fsp3) is 0.529. The average Bonchev–Trinajstić information content (AvgIpc) is 3.32. The highest BCUT2D eigenvalue weighted by atomic mass is 19.1. The molecule has 1 heterocycles. The summed E-state index contributed by atoms with van der Waals surface area (Å²) < 4.78 is 24.3. The smallest absolute Gasteiger partial charge is 0.253 e. The number of benzene rings is 1. The fourth-order valence-corrected chi connectivity index (χ4v) is 2.68. The van der Waals surface area contributed by atoms with Gasteiger partial charge in [0.15, 0.2) is 0 Å². The quantitative estimate of drug-likeness (QED) is 0.856. The summed E-state index contributed by atoms with van der Waals surface area (Å²) >= 11 is 0. The van der Waals surface area contributed by atoms with Crippen LogP contribution in [-0.4, -0.2) is 44.3 Å². The van der Waals surface area contributed by atoms with Gasteiger partial charge in [-0.05, 0) is 30.5 Å². The number of carbonyl (C=O) groups is 2. The lowest BCUT2D eigenvalue weighted by Gasteiger charge is -2.23. The zero-order valence-corrected chi connectivity index (χ0v) is 13.5. The van der Waals surface area contributed by atoms with Gasteiger partial charge in [0, 0.05) is 12.5 Å². The maximum Gasteiger partial charge on any atom is 0.253 e. The molecule has 24 heavy (non-hydrogen) atoms. The molecule has 2 N–H and O–H groups in total. The number of hydrogen-bond acceptors (Lipinski definition) is 4. The molecule has 2 aliphatic rings. The molecule has 0 aromatic heterocycles. The van der Waals surface area contributed by atoms with E-state index in [0.717, 1.165) is 12.5 Å². The molecule has 2 fully saturated rings. The number of anilines is 1. The van der Waals surface area contributed by atoms with Crippen molar-refractivity contribution in [3.05, 3.63) is 29.6 Å². The van der Waals surface area contributed by atoms with Crippen LogP contribution in [0.15, 0.2) is 18.2 Å². The summed E-state index contributed by atoms with van der Waals surface area (Å²) in [5.74, 6) is -0.796. The first kappa shape index (κ1) is 16.9. The van der Waals surface area contributed by atoms with Crippen LogP contribution in [0.1, 0.15) is 23.7 Å². The van der Waals surface area contributed by atoms with Crippen molar-refractivity contribution in [3.63, 3.8) is 0 Å². The van der Waals surface area contributed by atoms with Gasteiger partial charge in [0.25, 0.3) is 5.91 Å². The second-order valence-electron chi connectivity index (χ2n) is 6.28. The Morgan fingerprint density at radius 1 is 1.33 bits per heavy atom. The Morgan fingerprint density at radius 2 is 2.12 bits per heavy atom. The minimum absolute atomic E-state index is 0.0289. The molecule has 0 spiro atoms. The summed E-state index contributed by atoms with van der Waals surface area (Å²) in [5.41, 5.74) is 0.423. The number of hydrogen-bond donors (Lipinski definition) is 2. The number of carbonyl (C=O) groups excluding carboxylic acids is 2. The molecule has 2 amide bonds. The molecule has 0 unspecified atom stereocenters. The third-order valence-corrected chi connectivity index (χ3v) is 4.31. The third-order valence-electron chi connectivity index (χ3n) is 4.31. The Hall–Kier alpha value is -1.99. The van der Waals surface area contributed by atoms with Crippen LogP contribution in [0, 0.1) is 17.7 Å². The third kappa shape index (κ3) is 4.10. The van der Waals surface area contributed by atoms with E-state index in [1.807, 2.05) is 6.92 Å². The highest BCUT2D eigenvalue weighted by molar-refractivity contribution is 6.04. The van der Waals surface area contributed by atoms with Crippen LogP contribution in [0.25, 0.3) is 0 Å². The lowest BCUT2D eigenvalue weighted by molar-refractivity contribution is -0.117. The Balaban J connectivity index is 1.65. The Labute approximate surface area is 139 Å². The standard InChI is InChI=1S/C17H21FN2O4/c1-10-6-13(10)17(22)20-15-3-2-11(18)7-14(15)16(21)19-8-12-9-23-4-5-24-12/h2-3,7,10,12-13H,4-6,8-9H2,1H3,(H,19,21)(H,20,22)/t10-,12+,13+/m1/s1. The number of halogens is 1. The summed E-state index contributed by atoms with van der Waals surface area (Å²) in [6, 6.07) is 3.76. The van der Waals surface area contributed by atoms with Crippen LogP contribution in [0.3, 0.4) is 0 Å². The van der Waals surface area contributed by atoms with Crippen LogP contribution in [-0.2, 0) is 14.3 Å². The van der Waals surface area contributed by atoms with Crippen molar-refractivity contribution in [1.82, 2.24) is 5.32 Å². The van der Waals surface area contributed by atoms with Crippen molar-refractivity contribution in [2.45, 2.75) is 19.4 Å². The highest BCUT2D eigenvalue weighted by Gasteiger charge is 2.39. The van der Waals surface area contributed by atoms with Crippen LogP contribution in [0.4, 0.5) is 10.1 Å². The minimum Gasteiger partial charge on any atom is -0.376 e. The summed E-state index contributed by atoms with van der Waals surface area (Å²) in [5, 5.41) is 5.43. The van der Waals surface area contributed by atoms with Crippen molar-refractivity contribution >= 4 is 17.5 Å². The molecular weight excluding hydrogens is 315 g/mol. The molecule has 0 bridgehead atoms. The van der Waals surface area contributed by atoms with Crippen LogP contribution < -0.4 is 10.6 Å². The molecule has 1 saturated carbocycles. The molecule has 1 aromatic rings. The Morgan fingerprint density at radius 3 is 2.79 bits per heavy atom. The van der Waals surface area contributed by atoms with Gasteiger partial charge in [-0.1, -0.05) is 6.92 Å². The molecule has 3 atom stereocenters. The average molecular weight is 336 g/mol. The summed E-state index contributed by atoms with van der Waals surface area (Å²) in [4.78, 5) is 24.4. The molecule has 3 rings (SSSR count). The second-order valence-corrected chi connectivity index (χ2v) is 6.28. The zero-order valence-electron chi connectivity index (χ0n) is 13.5. The molecule has 1 saturated heterocycles. The van der Waals surface area contributed by atoms with Crippen LogP contribution in [0.5, 0.6) is 0 Å². The number of rotatable bonds is 5. The van der Waals surface area contributed by atoms with E-state index in [2.05, 4.69) is 10.6 Å². The largest absolute Gasteiger partial charge is 0.376 e.